The Balaban J connectivity index is 1.96. The van der Waals surface area contributed by atoms with E-state index in [-0.39, 0.29) is 12.4 Å². The molecule has 0 saturated heterocycles. The highest BCUT2D eigenvalue weighted by molar-refractivity contribution is 7.89. The van der Waals surface area contributed by atoms with Crippen LogP contribution in [0.15, 0.2) is 0 Å². The van der Waals surface area contributed by atoms with Crippen molar-refractivity contribution in [3.05, 3.63) is 0 Å². The van der Waals surface area contributed by atoms with E-state index in [9.17, 15) is 8.42 Å². The summed E-state index contributed by atoms with van der Waals surface area (Å²) in [6.45, 7) is 4.07. The molecule has 1 rings (SSSR count). The molecule has 0 bridgehead atoms. The molecule has 0 aliphatic heterocycles. The summed E-state index contributed by atoms with van der Waals surface area (Å²) in [6.07, 6.45) is 3.37. The van der Waals surface area contributed by atoms with Gasteiger partial charge in [0.15, 0.2) is 0 Å². The van der Waals surface area contributed by atoms with E-state index in [2.05, 4.69) is 10.0 Å². The Morgan fingerprint density at radius 2 is 2.06 bits per heavy atom. The van der Waals surface area contributed by atoms with Crippen molar-refractivity contribution in [2.45, 2.75) is 32.2 Å². The summed E-state index contributed by atoms with van der Waals surface area (Å²) in [7, 11) is -3.14. The minimum Gasteiger partial charge on any atom is -0.381 e. The highest BCUT2D eigenvalue weighted by atomic mass is 32.2. The molecule has 5 nitrogen and oxygen atoms in total. The molecule has 0 atom stereocenters. The SMILES string of the molecule is CCOCCS(=O)(=O)NCCCNC1CC1. The van der Waals surface area contributed by atoms with Crippen LogP contribution in [0.2, 0.25) is 0 Å². The molecule has 0 aromatic carbocycles. The maximum Gasteiger partial charge on any atom is 0.213 e. The number of hydrogen-bond acceptors (Lipinski definition) is 4. The summed E-state index contributed by atoms with van der Waals surface area (Å²) in [4.78, 5) is 0. The van der Waals surface area contributed by atoms with Crippen LogP contribution in [-0.2, 0) is 14.8 Å². The fourth-order valence-electron chi connectivity index (χ4n) is 1.29. The van der Waals surface area contributed by atoms with Crippen molar-refractivity contribution >= 4 is 10.0 Å². The van der Waals surface area contributed by atoms with Crippen LogP contribution in [-0.4, -0.2) is 46.5 Å². The minimum atomic E-state index is -3.14. The molecule has 1 saturated carbocycles. The van der Waals surface area contributed by atoms with Gasteiger partial charge >= 0.3 is 0 Å². The first-order chi connectivity index (χ1) is 7.64. The summed E-state index contributed by atoms with van der Waals surface area (Å²) in [6, 6.07) is 0.689. The lowest BCUT2D eigenvalue weighted by molar-refractivity contribution is 0.163. The molecule has 0 radical (unpaired) electrons. The number of hydrogen-bond donors (Lipinski definition) is 2. The fourth-order valence-corrected chi connectivity index (χ4v) is 2.23. The van der Waals surface area contributed by atoms with Gasteiger partial charge in [0.25, 0.3) is 0 Å². The Bertz CT molecular complexity index is 276. The zero-order chi connectivity index (χ0) is 11.9. The third-order valence-corrected chi connectivity index (χ3v) is 3.73. The molecule has 0 aromatic heterocycles. The van der Waals surface area contributed by atoms with Crippen molar-refractivity contribution in [1.29, 1.82) is 0 Å². The maximum atomic E-state index is 11.4. The molecule has 6 heteroatoms. The second-order valence-electron chi connectivity index (χ2n) is 3.99. The standard InChI is InChI=1S/C10H22N2O3S/c1-2-15-8-9-16(13,14)12-7-3-6-11-10-4-5-10/h10-12H,2-9H2,1H3. The Morgan fingerprint density at radius 1 is 1.31 bits per heavy atom. The van der Waals surface area contributed by atoms with Crippen molar-refractivity contribution in [2.75, 3.05) is 32.1 Å². The highest BCUT2D eigenvalue weighted by Crippen LogP contribution is 2.18. The van der Waals surface area contributed by atoms with Crippen LogP contribution in [0.1, 0.15) is 26.2 Å². The number of nitrogens with one attached hydrogen (secondary N) is 2. The fraction of sp³-hybridized carbons (Fsp3) is 1.00. The van der Waals surface area contributed by atoms with Gasteiger partial charge in [-0.2, -0.15) is 0 Å². The highest BCUT2D eigenvalue weighted by Gasteiger charge is 2.19. The zero-order valence-electron chi connectivity index (χ0n) is 9.87. The van der Waals surface area contributed by atoms with Gasteiger partial charge in [-0.15, -0.1) is 0 Å². The molecule has 0 aromatic rings. The van der Waals surface area contributed by atoms with E-state index in [1.54, 1.807) is 0 Å². The minimum absolute atomic E-state index is 0.0525. The molecular weight excluding hydrogens is 228 g/mol. The molecule has 2 N–H and O–H groups in total. The Morgan fingerprint density at radius 3 is 2.69 bits per heavy atom. The third-order valence-electron chi connectivity index (χ3n) is 2.39. The largest absolute Gasteiger partial charge is 0.381 e. The molecule has 96 valence electrons. The lowest BCUT2D eigenvalue weighted by atomic mass is 10.4. The molecular formula is C10H22N2O3S. The van der Waals surface area contributed by atoms with E-state index in [0.717, 1.165) is 13.0 Å². The van der Waals surface area contributed by atoms with E-state index >= 15 is 0 Å². The molecule has 0 spiro atoms. The maximum absolute atomic E-state index is 11.4. The van der Waals surface area contributed by atoms with Gasteiger partial charge in [0, 0.05) is 19.2 Å². The van der Waals surface area contributed by atoms with Gasteiger partial charge in [-0.1, -0.05) is 0 Å². The monoisotopic (exact) mass is 250 g/mol. The first-order valence-electron chi connectivity index (χ1n) is 5.92. The smallest absolute Gasteiger partial charge is 0.213 e. The lowest BCUT2D eigenvalue weighted by Gasteiger charge is -2.07. The Hall–Kier alpha value is -0.170. The summed E-state index contributed by atoms with van der Waals surface area (Å²) < 4.78 is 30.4. The van der Waals surface area contributed by atoms with Gasteiger partial charge < -0.3 is 10.1 Å². The van der Waals surface area contributed by atoms with Crippen LogP contribution in [0.3, 0.4) is 0 Å². The first kappa shape index (κ1) is 13.9. The van der Waals surface area contributed by atoms with E-state index in [0.29, 0.717) is 19.2 Å². The molecule has 16 heavy (non-hydrogen) atoms. The van der Waals surface area contributed by atoms with Gasteiger partial charge in [0.05, 0.1) is 12.4 Å². The Labute approximate surface area is 98.0 Å². The molecule has 1 aliphatic carbocycles. The van der Waals surface area contributed by atoms with Crippen LogP contribution in [0.5, 0.6) is 0 Å². The first-order valence-corrected chi connectivity index (χ1v) is 7.58. The van der Waals surface area contributed by atoms with E-state index in [1.807, 2.05) is 6.92 Å². The number of ether oxygens (including phenoxy) is 1. The number of sulfonamides is 1. The summed E-state index contributed by atoms with van der Waals surface area (Å²) in [5.41, 5.74) is 0. The molecule has 0 unspecified atom stereocenters. The number of rotatable bonds is 10. The van der Waals surface area contributed by atoms with Crippen molar-refractivity contribution in [2.24, 2.45) is 0 Å². The average molecular weight is 250 g/mol. The van der Waals surface area contributed by atoms with Crippen LogP contribution in [0, 0.1) is 0 Å². The van der Waals surface area contributed by atoms with Crippen molar-refractivity contribution in [3.8, 4) is 0 Å². The third kappa shape index (κ3) is 7.16. The lowest BCUT2D eigenvalue weighted by Crippen LogP contribution is -2.31. The van der Waals surface area contributed by atoms with Crippen LogP contribution in [0.25, 0.3) is 0 Å². The van der Waals surface area contributed by atoms with Crippen LogP contribution in [0.4, 0.5) is 0 Å². The van der Waals surface area contributed by atoms with Crippen molar-refractivity contribution in [3.63, 3.8) is 0 Å². The van der Waals surface area contributed by atoms with Gasteiger partial charge in [0.1, 0.15) is 0 Å². The van der Waals surface area contributed by atoms with E-state index in [1.165, 1.54) is 12.8 Å². The zero-order valence-corrected chi connectivity index (χ0v) is 10.7. The van der Waals surface area contributed by atoms with Crippen LogP contribution >= 0.6 is 0 Å². The topological polar surface area (TPSA) is 67.4 Å². The van der Waals surface area contributed by atoms with E-state index in [4.69, 9.17) is 4.74 Å². The van der Waals surface area contributed by atoms with Crippen LogP contribution < -0.4 is 10.0 Å². The van der Waals surface area contributed by atoms with Gasteiger partial charge in [-0.3, -0.25) is 0 Å². The second-order valence-corrected chi connectivity index (χ2v) is 5.92. The molecule has 0 heterocycles. The molecule has 1 fully saturated rings. The predicted octanol–water partition coefficient (Wildman–Crippen LogP) is 0.0844. The van der Waals surface area contributed by atoms with Crippen molar-refractivity contribution < 1.29 is 13.2 Å². The summed E-state index contributed by atoms with van der Waals surface area (Å²) in [5.74, 6) is 0.0525. The molecule has 1 aliphatic rings. The molecule has 0 amide bonds. The van der Waals surface area contributed by atoms with Gasteiger partial charge in [-0.25, -0.2) is 13.1 Å². The van der Waals surface area contributed by atoms with Gasteiger partial charge in [-0.05, 0) is 32.7 Å². The second kappa shape index (κ2) is 7.21. The summed E-state index contributed by atoms with van der Waals surface area (Å²) >= 11 is 0. The Kier molecular flexibility index (Phi) is 6.26. The van der Waals surface area contributed by atoms with Crippen molar-refractivity contribution in [1.82, 2.24) is 10.0 Å². The van der Waals surface area contributed by atoms with Gasteiger partial charge in [0.2, 0.25) is 10.0 Å². The summed E-state index contributed by atoms with van der Waals surface area (Å²) in [5, 5.41) is 3.34. The quantitative estimate of drug-likeness (QED) is 0.539. The predicted molar refractivity (Wildman–Crippen MR) is 63.9 cm³/mol. The average Bonchev–Trinajstić information content (AvgIpc) is 3.01. The van der Waals surface area contributed by atoms with E-state index < -0.39 is 10.0 Å². The normalized spacial score (nSPS) is 16.6.